The predicted octanol–water partition coefficient (Wildman–Crippen LogP) is 3.56. The first-order valence-electron chi connectivity index (χ1n) is 8.16. The number of nitrogens with zero attached hydrogens (tertiary/aromatic N) is 1. The number of methoxy groups -OCH3 is 1. The van der Waals surface area contributed by atoms with Gasteiger partial charge in [0.2, 0.25) is 0 Å². The number of nitro groups is 1. The van der Waals surface area contributed by atoms with Crippen LogP contribution in [0.15, 0.2) is 36.4 Å². The number of halogens is 2. The zero-order valence-electron chi connectivity index (χ0n) is 15.0. The molecule has 0 bridgehead atoms. The van der Waals surface area contributed by atoms with E-state index in [0.29, 0.717) is 15.7 Å². The maximum atomic E-state index is 12.5. The molecule has 0 fully saturated rings. The minimum atomic E-state index is -0.526. The minimum Gasteiger partial charge on any atom is -0.494 e. The van der Waals surface area contributed by atoms with Crippen molar-refractivity contribution in [3.8, 4) is 5.75 Å². The summed E-state index contributed by atoms with van der Waals surface area (Å²) in [5, 5.41) is 16.5. The Labute approximate surface area is 166 Å². The Morgan fingerprint density at radius 2 is 1.93 bits per heavy atom. The van der Waals surface area contributed by atoms with E-state index >= 15 is 0 Å². The fourth-order valence-electron chi connectivity index (χ4n) is 2.64. The van der Waals surface area contributed by atoms with Crippen LogP contribution in [0.2, 0.25) is 10.0 Å². The highest BCUT2D eigenvalue weighted by Gasteiger charge is 2.23. The van der Waals surface area contributed by atoms with Gasteiger partial charge in [0.15, 0.2) is 6.04 Å². The quantitative estimate of drug-likeness (QED) is 0.536. The average molecular weight is 413 g/mol. The Bertz CT molecular complexity index is 860. The molecule has 2 atom stereocenters. The van der Waals surface area contributed by atoms with Gasteiger partial charge >= 0.3 is 0 Å². The summed E-state index contributed by atoms with van der Waals surface area (Å²) in [5.41, 5.74) is 1.12. The van der Waals surface area contributed by atoms with E-state index < -0.39 is 11.0 Å². The summed E-state index contributed by atoms with van der Waals surface area (Å²) >= 11 is 12.1. The number of hydrogen-bond acceptors (Lipinski definition) is 4. The van der Waals surface area contributed by atoms with E-state index in [4.69, 9.17) is 27.9 Å². The second-order valence-electron chi connectivity index (χ2n) is 6.07. The van der Waals surface area contributed by atoms with Gasteiger partial charge in [-0.2, -0.15) is 0 Å². The standard InChI is InChI=1S/C18H19Cl2N3O4/c1-10(14-6-4-12(19)8-15(14)20)21-11(2)18(24)22-16-7-5-13(23(25)26)9-17(16)27-3/h4-11,21H,1-3H3,(H,22,24)/p+1/t10-,11-/m1/s1. The molecular weight excluding hydrogens is 393 g/mol. The number of carbonyl (C=O) groups excluding carboxylic acids is 1. The van der Waals surface area contributed by atoms with Crippen molar-refractivity contribution in [3.05, 3.63) is 62.1 Å². The number of benzene rings is 2. The maximum Gasteiger partial charge on any atom is 0.282 e. The van der Waals surface area contributed by atoms with Gasteiger partial charge in [-0.3, -0.25) is 14.9 Å². The van der Waals surface area contributed by atoms with E-state index in [-0.39, 0.29) is 23.4 Å². The van der Waals surface area contributed by atoms with E-state index in [1.807, 2.05) is 18.3 Å². The lowest BCUT2D eigenvalue weighted by molar-refractivity contribution is -0.709. The van der Waals surface area contributed by atoms with E-state index in [1.165, 1.54) is 25.3 Å². The predicted molar refractivity (Wildman–Crippen MR) is 105 cm³/mol. The van der Waals surface area contributed by atoms with Gasteiger partial charge in [-0.15, -0.1) is 0 Å². The van der Waals surface area contributed by atoms with Crippen LogP contribution in [0, 0.1) is 10.1 Å². The Morgan fingerprint density at radius 1 is 1.22 bits per heavy atom. The van der Waals surface area contributed by atoms with Crippen molar-refractivity contribution >= 4 is 40.5 Å². The molecule has 0 saturated heterocycles. The second kappa shape index (κ2) is 9.03. The van der Waals surface area contributed by atoms with Crippen LogP contribution in [0.25, 0.3) is 0 Å². The number of amides is 1. The number of rotatable bonds is 7. The topological polar surface area (TPSA) is 98.1 Å². The molecule has 2 aromatic rings. The van der Waals surface area contributed by atoms with E-state index in [0.717, 1.165) is 5.56 Å². The van der Waals surface area contributed by atoms with Crippen molar-refractivity contribution in [2.45, 2.75) is 25.9 Å². The van der Waals surface area contributed by atoms with Gasteiger partial charge in [-0.05, 0) is 32.0 Å². The lowest BCUT2D eigenvalue weighted by atomic mass is 10.1. The summed E-state index contributed by atoms with van der Waals surface area (Å²) in [5.74, 6) is -0.0439. The molecule has 27 heavy (non-hydrogen) atoms. The smallest absolute Gasteiger partial charge is 0.282 e. The van der Waals surface area contributed by atoms with Crippen LogP contribution in [0.1, 0.15) is 25.5 Å². The lowest BCUT2D eigenvalue weighted by Crippen LogP contribution is -2.91. The van der Waals surface area contributed by atoms with Crippen LogP contribution in [0.4, 0.5) is 11.4 Å². The second-order valence-corrected chi connectivity index (χ2v) is 6.91. The molecule has 0 aromatic heterocycles. The number of anilines is 1. The molecule has 0 aliphatic heterocycles. The van der Waals surface area contributed by atoms with Crippen molar-refractivity contribution in [3.63, 3.8) is 0 Å². The summed E-state index contributed by atoms with van der Waals surface area (Å²) in [4.78, 5) is 22.8. The molecule has 0 unspecified atom stereocenters. The van der Waals surface area contributed by atoms with E-state index in [9.17, 15) is 14.9 Å². The van der Waals surface area contributed by atoms with Gasteiger partial charge in [0.1, 0.15) is 11.8 Å². The molecule has 9 heteroatoms. The van der Waals surface area contributed by atoms with Crippen LogP contribution in [0.3, 0.4) is 0 Å². The number of non-ortho nitro benzene ring substituents is 1. The van der Waals surface area contributed by atoms with Crippen LogP contribution >= 0.6 is 23.2 Å². The monoisotopic (exact) mass is 412 g/mol. The molecule has 0 saturated carbocycles. The summed E-state index contributed by atoms with van der Waals surface area (Å²) in [7, 11) is 1.38. The summed E-state index contributed by atoms with van der Waals surface area (Å²) < 4.78 is 5.13. The maximum absolute atomic E-state index is 12.5. The van der Waals surface area contributed by atoms with Gasteiger partial charge in [-0.1, -0.05) is 29.3 Å². The van der Waals surface area contributed by atoms with Crippen molar-refractivity contribution in [2.75, 3.05) is 12.4 Å². The van der Waals surface area contributed by atoms with Gasteiger partial charge < -0.3 is 15.4 Å². The molecule has 7 nitrogen and oxygen atoms in total. The summed E-state index contributed by atoms with van der Waals surface area (Å²) in [6, 6.07) is 8.75. The Kier molecular flexibility index (Phi) is 7.01. The Hall–Kier alpha value is -2.35. The first-order valence-corrected chi connectivity index (χ1v) is 8.91. The largest absolute Gasteiger partial charge is 0.494 e. The first kappa shape index (κ1) is 21.0. The number of nitro benzene ring substituents is 1. The normalized spacial score (nSPS) is 12.9. The third-order valence-corrected chi connectivity index (χ3v) is 4.66. The van der Waals surface area contributed by atoms with Gasteiger partial charge in [0, 0.05) is 16.7 Å². The van der Waals surface area contributed by atoms with Crippen LogP contribution in [-0.4, -0.2) is 24.0 Å². The number of nitrogens with one attached hydrogen (secondary N) is 1. The molecule has 0 aliphatic rings. The van der Waals surface area contributed by atoms with Gasteiger partial charge in [-0.25, -0.2) is 0 Å². The lowest BCUT2D eigenvalue weighted by Gasteiger charge is -2.18. The molecule has 0 radical (unpaired) electrons. The van der Waals surface area contributed by atoms with Crippen molar-refractivity contribution < 1.29 is 19.8 Å². The number of carbonyl (C=O) groups is 1. The molecule has 2 rings (SSSR count). The van der Waals surface area contributed by atoms with E-state index in [1.54, 1.807) is 19.1 Å². The third kappa shape index (κ3) is 5.32. The molecule has 144 valence electrons. The fraction of sp³-hybridized carbons (Fsp3) is 0.278. The number of nitrogens with two attached hydrogens (primary N) is 1. The van der Waals surface area contributed by atoms with Crippen molar-refractivity contribution in [2.24, 2.45) is 0 Å². The molecule has 0 spiro atoms. The van der Waals surface area contributed by atoms with Gasteiger partial charge in [0.05, 0.1) is 28.8 Å². The average Bonchev–Trinajstić information content (AvgIpc) is 2.61. The van der Waals surface area contributed by atoms with Gasteiger partial charge in [0.25, 0.3) is 11.6 Å². The fourth-order valence-corrected chi connectivity index (χ4v) is 3.22. The first-order chi connectivity index (χ1) is 12.7. The summed E-state index contributed by atoms with van der Waals surface area (Å²) in [6.45, 7) is 3.69. The Balaban J connectivity index is 2.08. The summed E-state index contributed by atoms with van der Waals surface area (Å²) in [6.07, 6.45) is 0. The Morgan fingerprint density at radius 3 is 2.52 bits per heavy atom. The minimum absolute atomic E-state index is 0.0747. The highest BCUT2D eigenvalue weighted by molar-refractivity contribution is 6.35. The molecule has 0 aliphatic carbocycles. The highest BCUT2D eigenvalue weighted by Crippen LogP contribution is 2.29. The number of ether oxygens (including phenoxy) is 1. The molecule has 0 heterocycles. The zero-order chi connectivity index (χ0) is 20.1. The highest BCUT2D eigenvalue weighted by atomic mass is 35.5. The molecule has 3 N–H and O–H groups in total. The molecule has 2 aromatic carbocycles. The van der Waals surface area contributed by atoms with E-state index in [2.05, 4.69) is 5.32 Å². The number of hydrogen-bond donors (Lipinski definition) is 2. The van der Waals surface area contributed by atoms with Crippen LogP contribution in [0.5, 0.6) is 5.75 Å². The van der Waals surface area contributed by atoms with Crippen LogP contribution < -0.4 is 15.4 Å². The zero-order valence-corrected chi connectivity index (χ0v) is 16.5. The van der Waals surface area contributed by atoms with Crippen molar-refractivity contribution in [1.29, 1.82) is 0 Å². The molecular formula is C18H20Cl2N3O4+. The van der Waals surface area contributed by atoms with Crippen LogP contribution in [-0.2, 0) is 4.79 Å². The number of quaternary nitrogens is 1. The molecule has 1 amide bonds. The SMILES string of the molecule is COc1cc([N+](=O)[O-])ccc1NC(=O)[C@@H](C)[NH2+][C@H](C)c1ccc(Cl)cc1Cl. The van der Waals surface area contributed by atoms with Crippen molar-refractivity contribution in [1.82, 2.24) is 0 Å². The third-order valence-electron chi connectivity index (χ3n) is 4.10.